The number of ether oxygens (including phenoxy) is 1. The van der Waals surface area contributed by atoms with Crippen LogP contribution in [0.15, 0.2) is 18.2 Å². The van der Waals surface area contributed by atoms with Crippen LogP contribution in [0.3, 0.4) is 0 Å². The van der Waals surface area contributed by atoms with Gasteiger partial charge in [-0.05, 0) is 51.3 Å². The predicted molar refractivity (Wildman–Crippen MR) is 81.8 cm³/mol. The Morgan fingerprint density at radius 3 is 2.78 bits per heavy atom. The lowest BCUT2D eigenvalue weighted by molar-refractivity contribution is 0.401. The molecule has 1 aromatic carbocycles. The van der Waals surface area contributed by atoms with Gasteiger partial charge in [-0.1, -0.05) is 17.7 Å². The third-order valence-electron chi connectivity index (χ3n) is 3.08. The molecule has 0 bridgehead atoms. The number of benzene rings is 1. The van der Waals surface area contributed by atoms with Crippen LogP contribution < -0.4 is 10.1 Å². The van der Waals surface area contributed by atoms with Gasteiger partial charge < -0.3 is 10.1 Å². The first-order valence-electron chi connectivity index (χ1n) is 6.56. The highest BCUT2D eigenvalue weighted by Gasteiger charge is 2.10. The second kappa shape index (κ2) is 8.44. The van der Waals surface area contributed by atoms with E-state index in [9.17, 15) is 0 Å². The minimum absolute atomic E-state index is 0.342. The number of hydrogen-bond acceptors (Lipinski definition) is 3. The van der Waals surface area contributed by atoms with Crippen molar-refractivity contribution in [1.29, 1.82) is 0 Å². The largest absolute Gasteiger partial charge is 0.496 e. The molecule has 102 valence electrons. The normalized spacial score (nSPS) is 12.4. The molecule has 18 heavy (non-hydrogen) atoms. The van der Waals surface area contributed by atoms with E-state index in [4.69, 9.17) is 4.74 Å². The molecule has 1 atom stereocenters. The van der Waals surface area contributed by atoms with E-state index in [2.05, 4.69) is 43.6 Å². The van der Waals surface area contributed by atoms with Gasteiger partial charge in [0.2, 0.25) is 0 Å². The highest BCUT2D eigenvalue weighted by Crippen LogP contribution is 2.25. The van der Waals surface area contributed by atoms with E-state index in [1.54, 1.807) is 7.11 Å². The summed E-state index contributed by atoms with van der Waals surface area (Å²) >= 11 is 1.92. The van der Waals surface area contributed by atoms with Gasteiger partial charge in [0, 0.05) is 11.6 Å². The molecule has 0 saturated carbocycles. The minimum atomic E-state index is 0.342. The molecule has 1 N–H and O–H groups in total. The summed E-state index contributed by atoms with van der Waals surface area (Å²) in [5.41, 5.74) is 2.53. The third kappa shape index (κ3) is 4.91. The van der Waals surface area contributed by atoms with E-state index < -0.39 is 0 Å². The third-order valence-corrected chi connectivity index (χ3v) is 3.77. The zero-order valence-electron chi connectivity index (χ0n) is 12.0. The molecule has 1 unspecified atom stereocenters. The fourth-order valence-corrected chi connectivity index (χ4v) is 2.48. The van der Waals surface area contributed by atoms with E-state index in [1.165, 1.54) is 29.7 Å². The lowest BCUT2D eigenvalue weighted by Crippen LogP contribution is -2.20. The molecule has 0 radical (unpaired) electrons. The highest BCUT2D eigenvalue weighted by atomic mass is 32.2. The van der Waals surface area contributed by atoms with Crippen LogP contribution in [-0.4, -0.2) is 25.7 Å². The van der Waals surface area contributed by atoms with Crippen LogP contribution in [0.25, 0.3) is 0 Å². The van der Waals surface area contributed by atoms with Crippen molar-refractivity contribution in [2.45, 2.75) is 32.7 Å². The molecular formula is C15H25NOS. The van der Waals surface area contributed by atoms with Crippen molar-refractivity contribution >= 4 is 11.8 Å². The Kier molecular flexibility index (Phi) is 7.21. The molecule has 1 rings (SSSR count). The fraction of sp³-hybridized carbons (Fsp3) is 0.600. The Morgan fingerprint density at radius 1 is 1.33 bits per heavy atom. The van der Waals surface area contributed by atoms with Crippen LogP contribution in [0.4, 0.5) is 0 Å². The number of unbranched alkanes of at least 4 members (excludes halogenated alkanes) is 1. The molecule has 0 aliphatic heterocycles. The van der Waals surface area contributed by atoms with Crippen LogP contribution in [0, 0.1) is 6.92 Å². The lowest BCUT2D eigenvalue weighted by Gasteiger charge is -2.18. The lowest BCUT2D eigenvalue weighted by atomic mass is 10.0. The molecule has 3 heteroatoms. The SMILES string of the molecule is COc1ccc(C)cc1C(C)NCCCCSC. The van der Waals surface area contributed by atoms with E-state index in [-0.39, 0.29) is 0 Å². The van der Waals surface area contributed by atoms with Crippen LogP contribution in [-0.2, 0) is 0 Å². The number of rotatable bonds is 8. The van der Waals surface area contributed by atoms with Crippen LogP contribution >= 0.6 is 11.8 Å². The van der Waals surface area contributed by atoms with Crippen molar-refractivity contribution in [3.8, 4) is 5.75 Å². The molecule has 0 aliphatic carbocycles. The number of hydrogen-bond donors (Lipinski definition) is 1. The van der Waals surface area contributed by atoms with Crippen LogP contribution in [0.2, 0.25) is 0 Å². The van der Waals surface area contributed by atoms with E-state index >= 15 is 0 Å². The van der Waals surface area contributed by atoms with Crippen molar-refractivity contribution in [2.24, 2.45) is 0 Å². The molecule has 0 saturated heterocycles. The topological polar surface area (TPSA) is 21.3 Å². The molecule has 0 aromatic heterocycles. The smallest absolute Gasteiger partial charge is 0.123 e. The second-order valence-electron chi connectivity index (χ2n) is 4.62. The molecule has 0 aliphatic rings. The molecule has 0 heterocycles. The number of aryl methyl sites for hydroxylation is 1. The van der Waals surface area contributed by atoms with E-state index in [1.807, 2.05) is 11.8 Å². The zero-order valence-corrected chi connectivity index (χ0v) is 12.8. The Morgan fingerprint density at radius 2 is 2.11 bits per heavy atom. The maximum absolute atomic E-state index is 5.42. The minimum Gasteiger partial charge on any atom is -0.496 e. The van der Waals surface area contributed by atoms with Crippen LogP contribution in [0.1, 0.15) is 36.9 Å². The van der Waals surface area contributed by atoms with Gasteiger partial charge in [-0.15, -0.1) is 0 Å². The number of thioether (sulfide) groups is 1. The molecule has 0 fully saturated rings. The Labute approximate surface area is 116 Å². The molecule has 0 amide bonds. The number of nitrogens with one attached hydrogen (secondary N) is 1. The standard InChI is InChI=1S/C15H25NOS/c1-12-7-8-15(17-3)14(11-12)13(2)16-9-5-6-10-18-4/h7-8,11,13,16H,5-6,9-10H2,1-4H3. The Balaban J connectivity index is 2.49. The molecule has 0 spiro atoms. The molecule has 1 aromatic rings. The Hall–Kier alpha value is -0.670. The Bertz CT molecular complexity index is 354. The monoisotopic (exact) mass is 267 g/mol. The summed E-state index contributed by atoms with van der Waals surface area (Å²) in [7, 11) is 1.74. The average Bonchev–Trinajstić information content (AvgIpc) is 2.38. The van der Waals surface area contributed by atoms with Crippen molar-refractivity contribution in [3.05, 3.63) is 29.3 Å². The van der Waals surface area contributed by atoms with Gasteiger partial charge in [0.05, 0.1) is 7.11 Å². The summed E-state index contributed by atoms with van der Waals surface area (Å²) in [5.74, 6) is 2.23. The fourth-order valence-electron chi connectivity index (χ4n) is 1.99. The summed E-state index contributed by atoms with van der Waals surface area (Å²) < 4.78 is 5.42. The van der Waals surface area contributed by atoms with E-state index in [0.717, 1.165) is 12.3 Å². The first-order valence-corrected chi connectivity index (χ1v) is 7.95. The van der Waals surface area contributed by atoms with Gasteiger partial charge in [0.25, 0.3) is 0 Å². The van der Waals surface area contributed by atoms with Crippen molar-refractivity contribution in [2.75, 3.05) is 25.7 Å². The van der Waals surface area contributed by atoms with Gasteiger partial charge in [-0.2, -0.15) is 11.8 Å². The predicted octanol–water partition coefficient (Wildman–Crippen LogP) is 3.80. The summed E-state index contributed by atoms with van der Waals surface area (Å²) in [4.78, 5) is 0. The zero-order chi connectivity index (χ0) is 13.4. The summed E-state index contributed by atoms with van der Waals surface area (Å²) in [6.07, 6.45) is 4.68. The van der Waals surface area contributed by atoms with Crippen molar-refractivity contribution in [1.82, 2.24) is 5.32 Å². The van der Waals surface area contributed by atoms with Crippen molar-refractivity contribution < 1.29 is 4.74 Å². The van der Waals surface area contributed by atoms with Gasteiger partial charge in [0.1, 0.15) is 5.75 Å². The first-order chi connectivity index (χ1) is 8.69. The summed E-state index contributed by atoms with van der Waals surface area (Å²) in [6.45, 7) is 5.39. The van der Waals surface area contributed by atoms with Gasteiger partial charge in [-0.3, -0.25) is 0 Å². The van der Waals surface area contributed by atoms with Crippen LogP contribution in [0.5, 0.6) is 5.75 Å². The van der Waals surface area contributed by atoms with Gasteiger partial charge in [0.15, 0.2) is 0 Å². The maximum atomic E-state index is 5.42. The molecule has 2 nitrogen and oxygen atoms in total. The van der Waals surface area contributed by atoms with Crippen molar-refractivity contribution in [3.63, 3.8) is 0 Å². The van der Waals surface area contributed by atoms with E-state index in [0.29, 0.717) is 6.04 Å². The van der Waals surface area contributed by atoms with Gasteiger partial charge in [-0.25, -0.2) is 0 Å². The maximum Gasteiger partial charge on any atom is 0.123 e. The quantitative estimate of drug-likeness (QED) is 0.724. The number of methoxy groups -OCH3 is 1. The summed E-state index contributed by atoms with van der Waals surface area (Å²) in [6, 6.07) is 6.69. The van der Waals surface area contributed by atoms with Gasteiger partial charge >= 0.3 is 0 Å². The first kappa shape index (κ1) is 15.4. The highest BCUT2D eigenvalue weighted by molar-refractivity contribution is 7.98. The average molecular weight is 267 g/mol. The summed E-state index contributed by atoms with van der Waals surface area (Å²) in [5, 5.41) is 3.57. The molecular weight excluding hydrogens is 242 g/mol. The second-order valence-corrected chi connectivity index (χ2v) is 5.61.